The molecule has 1 aliphatic rings. The van der Waals surface area contributed by atoms with Gasteiger partial charge in [0.2, 0.25) is 5.91 Å². The number of nitrogens with one attached hydrogen (secondary N) is 1. The SMILES string of the molecule is CC(=O)N1CCN(C(=O)c2cc(Nc3c(C)cccc3C)ncn2)CC1. The van der Waals surface area contributed by atoms with Gasteiger partial charge in [0, 0.05) is 44.9 Å². The Hall–Kier alpha value is -2.96. The number of anilines is 2. The lowest BCUT2D eigenvalue weighted by atomic mass is 10.1. The van der Waals surface area contributed by atoms with Gasteiger partial charge in [-0.3, -0.25) is 9.59 Å². The summed E-state index contributed by atoms with van der Waals surface area (Å²) in [6.07, 6.45) is 1.40. The van der Waals surface area contributed by atoms with E-state index in [4.69, 9.17) is 0 Å². The number of nitrogens with zero attached hydrogens (tertiary/aromatic N) is 4. The molecule has 0 spiro atoms. The van der Waals surface area contributed by atoms with Crippen molar-refractivity contribution in [2.75, 3.05) is 31.5 Å². The Labute approximate surface area is 153 Å². The van der Waals surface area contributed by atoms with Crippen molar-refractivity contribution in [1.29, 1.82) is 0 Å². The Kier molecular flexibility index (Phi) is 5.16. The third-order valence-corrected chi connectivity index (χ3v) is 4.63. The first-order chi connectivity index (χ1) is 12.5. The molecule has 1 fully saturated rings. The Morgan fingerprint density at radius 3 is 2.23 bits per heavy atom. The van der Waals surface area contributed by atoms with Crippen LogP contribution in [0, 0.1) is 13.8 Å². The molecule has 2 amide bonds. The van der Waals surface area contributed by atoms with E-state index in [0.717, 1.165) is 16.8 Å². The minimum Gasteiger partial charge on any atom is -0.340 e. The molecule has 1 N–H and O–H groups in total. The molecule has 136 valence electrons. The molecule has 26 heavy (non-hydrogen) atoms. The van der Waals surface area contributed by atoms with E-state index >= 15 is 0 Å². The molecule has 2 aromatic rings. The zero-order valence-electron chi connectivity index (χ0n) is 15.3. The molecular formula is C19H23N5O2. The van der Waals surface area contributed by atoms with Gasteiger partial charge < -0.3 is 15.1 Å². The predicted molar refractivity (Wildman–Crippen MR) is 99.4 cm³/mol. The van der Waals surface area contributed by atoms with Crippen LogP contribution in [0.1, 0.15) is 28.5 Å². The highest BCUT2D eigenvalue weighted by Crippen LogP contribution is 2.23. The minimum absolute atomic E-state index is 0.0409. The lowest BCUT2D eigenvalue weighted by Gasteiger charge is -2.34. The van der Waals surface area contributed by atoms with Crippen molar-refractivity contribution in [1.82, 2.24) is 19.8 Å². The van der Waals surface area contributed by atoms with E-state index in [-0.39, 0.29) is 11.8 Å². The molecule has 7 nitrogen and oxygen atoms in total. The van der Waals surface area contributed by atoms with Crippen molar-refractivity contribution in [2.45, 2.75) is 20.8 Å². The number of para-hydroxylation sites is 1. The first-order valence-corrected chi connectivity index (χ1v) is 8.66. The molecule has 1 saturated heterocycles. The van der Waals surface area contributed by atoms with Gasteiger partial charge in [-0.2, -0.15) is 0 Å². The van der Waals surface area contributed by atoms with Crippen LogP contribution in [0.5, 0.6) is 0 Å². The van der Waals surface area contributed by atoms with Crippen molar-refractivity contribution in [3.05, 3.63) is 47.4 Å². The number of amides is 2. The number of benzene rings is 1. The van der Waals surface area contributed by atoms with E-state index in [1.165, 1.54) is 6.33 Å². The lowest BCUT2D eigenvalue weighted by Crippen LogP contribution is -2.50. The first kappa shape index (κ1) is 17.8. The summed E-state index contributed by atoms with van der Waals surface area (Å²) in [4.78, 5) is 36.0. The van der Waals surface area contributed by atoms with Crippen molar-refractivity contribution in [3.8, 4) is 0 Å². The van der Waals surface area contributed by atoms with Gasteiger partial charge in [-0.1, -0.05) is 18.2 Å². The monoisotopic (exact) mass is 353 g/mol. The van der Waals surface area contributed by atoms with Gasteiger partial charge in [0.1, 0.15) is 17.8 Å². The number of hydrogen-bond acceptors (Lipinski definition) is 5. The quantitative estimate of drug-likeness (QED) is 0.915. The third kappa shape index (κ3) is 3.82. The molecule has 7 heteroatoms. The van der Waals surface area contributed by atoms with Crippen LogP contribution in [-0.4, -0.2) is 57.8 Å². The Balaban J connectivity index is 1.73. The Bertz CT molecular complexity index is 808. The average Bonchev–Trinajstić information content (AvgIpc) is 2.64. The van der Waals surface area contributed by atoms with Crippen LogP contribution in [-0.2, 0) is 4.79 Å². The number of rotatable bonds is 3. The maximum absolute atomic E-state index is 12.7. The molecule has 1 aliphatic heterocycles. The maximum atomic E-state index is 12.7. The molecule has 0 radical (unpaired) electrons. The highest BCUT2D eigenvalue weighted by Gasteiger charge is 2.24. The molecular weight excluding hydrogens is 330 g/mol. The van der Waals surface area contributed by atoms with Crippen LogP contribution < -0.4 is 5.32 Å². The molecule has 2 heterocycles. The van der Waals surface area contributed by atoms with Crippen LogP contribution >= 0.6 is 0 Å². The smallest absolute Gasteiger partial charge is 0.272 e. The second-order valence-electron chi connectivity index (χ2n) is 6.48. The van der Waals surface area contributed by atoms with Gasteiger partial charge in [0.15, 0.2) is 0 Å². The fourth-order valence-corrected chi connectivity index (χ4v) is 3.07. The summed E-state index contributed by atoms with van der Waals surface area (Å²) >= 11 is 0. The lowest BCUT2D eigenvalue weighted by molar-refractivity contribution is -0.130. The van der Waals surface area contributed by atoms with Crippen LogP contribution in [0.4, 0.5) is 11.5 Å². The zero-order chi connectivity index (χ0) is 18.7. The van der Waals surface area contributed by atoms with Crippen molar-refractivity contribution < 1.29 is 9.59 Å². The van der Waals surface area contributed by atoms with Gasteiger partial charge in [-0.05, 0) is 25.0 Å². The van der Waals surface area contributed by atoms with Crippen LogP contribution in [0.15, 0.2) is 30.6 Å². The summed E-state index contributed by atoms with van der Waals surface area (Å²) < 4.78 is 0. The van der Waals surface area contributed by atoms with E-state index in [1.54, 1.807) is 22.8 Å². The average molecular weight is 353 g/mol. The standard InChI is InChI=1S/C19H23N5O2/c1-13-5-4-6-14(2)18(13)22-17-11-16(20-12-21-17)19(26)24-9-7-23(8-10-24)15(3)25/h4-6,11-12H,7-10H2,1-3H3,(H,20,21,22). The van der Waals surface area contributed by atoms with Crippen LogP contribution in [0.3, 0.4) is 0 Å². The van der Waals surface area contributed by atoms with E-state index < -0.39 is 0 Å². The number of hydrogen-bond donors (Lipinski definition) is 1. The summed E-state index contributed by atoms with van der Waals surface area (Å²) in [5.41, 5.74) is 3.55. The van der Waals surface area contributed by atoms with Gasteiger partial charge in [0.05, 0.1) is 0 Å². The second kappa shape index (κ2) is 7.51. The van der Waals surface area contributed by atoms with Crippen molar-refractivity contribution in [2.24, 2.45) is 0 Å². The van der Waals surface area contributed by atoms with Crippen molar-refractivity contribution in [3.63, 3.8) is 0 Å². The fourth-order valence-electron chi connectivity index (χ4n) is 3.07. The molecule has 3 rings (SSSR count). The summed E-state index contributed by atoms with van der Waals surface area (Å²) in [6.45, 7) is 7.74. The highest BCUT2D eigenvalue weighted by atomic mass is 16.2. The largest absolute Gasteiger partial charge is 0.340 e. The maximum Gasteiger partial charge on any atom is 0.272 e. The second-order valence-corrected chi connectivity index (χ2v) is 6.48. The molecule has 0 bridgehead atoms. The third-order valence-electron chi connectivity index (χ3n) is 4.63. The summed E-state index contributed by atoms with van der Waals surface area (Å²) in [5, 5.41) is 3.29. The summed E-state index contributed by atoms with van der Waals surface area (Å²) in [6, 6.07) is 7.73. The fraction of sp³-hybridized carbons (Fsp3) is 0.368. The van der Waals surface area contributed by atoms with Gasteiger partial charge in [-0.15, -0.1) is 0 Å². The van der Waals surface area contributed by atoms with Gasteiger partial charge in [-0.25, -0.2) is 9.97 Å². The molecule has 0 atom stereocenters. The topological polar surface area (TPSA) is 78.4 Å². The molecule has 0 aliphatic carbocycles. The van der Waals surface area contributed by atoms with E-state index in [9.17, 15) is 9.59 Å². The Morgan fingerprint density at radius 1 is 1.00 bits per heavy atom. The number of carbonyl (C=O) groups is 2. The normalized spacial score (nSPS) is 14.3. The Morgan fingerprint density at radius 2 is 1.62 bits per heavy atom. The van der Waals surface area contributed by atoms with Crippen molar-refractivity contribution >= 4 is 23.3 Å². The van der Waals surface area contributed by atoms with E-state index in [1.807, 2.05) is 32.0 Å². The number of aromatic nitrogens is 2. The zero-order valence-corrected chi connectivity index (χ0v) is 15.3. The summed E-state index contributed by atoms with van der Waals surface area (Å²) in [5.74, 6) is 0.488. The first-order valence-electron chi connectivity index (χ1n) is 8.66. The van der Waals surface area contributed by atoms with E-state index in [2.05, 4.69) is 15.3 Å². The van der Waals surface area contributed by atoms with Crippen LogP contribution in [0.2, 0.25) is 0 Å². The van der Waals surface area contributed by atoms with Crippen LogP contribution in [0.25, 0.3) is 0 Å². The minimum atomic E-state index is -0.139. The summed E-state index contributed by atoms with van der Waals surface area (Å²) in [7, 11) is 0. The number of piperazine rings is 1. The molecule has 1 aromatic heterocycles. The number of carbonyl (C=O) groups excluding carboxylic acids is 2. The molecule has 0 unspecified atom stereocenters. The predicted octanol–water partition coefficient (Wildman–Crippen LogP) is 2.14. The van der Waals surface area contributed by atoms with Gasteiger partial charge >= 0.3 is 0 Å². The van der Waals surface area contributed by atoms with Gasteiger partial charge in [0.25, 0.3) is 5.91 Å². The molecule has 0 saturated carbocycles. The highest BCUT2D eigenvalue weighted by molar-refractivity contribution is 5.93. The van der Waals surface area contributed by atoms with E-state index in [0.29, 0.717) is 37.7 Å². The molecule has 1 aromatic carbocycles. The number of aryl methyl sites for hydroxylation is 2.